The van der Waals surface area contributed by atoms with Crippen molar-refractivity contribution >= 4 is 39.8 Å². The van der Waals surface area contributed by atoms with Crippen LogP contribution in [0.2, 0.25) is 5.02 Å². The number of rotatable bonds is 4. The smallest absolute Gasteiger partial charge is 0.249 e. The quantitative estimate of drug-likeness (QED) is 0.737. The molecule has 102 valence electrons. The first-order valence-corrected chi connectivity index (χ1v) is 7.69. The summed E-state index contributed by atoms with van der Waals surface area (Å²) in [5.41, 5.74) is 6.23. The molecule has 0 amide bonds. The third kappa shape index (κ3) is 2.92. The molecule has 6 nitrogen and oxygen atoms in total. The van der Waals surface area contributed by atoms with Crippen LogP contribution in [0, 0.1) is 0 Å². The van der Waals surface area contributed by atoms with E-state index >= 15 is 0 Å². The van der Waals surface area contributed by atoms with Crippen LogP contribution in [0.4, 0.5) is 5.13 Å². The van der Waals surface area contributed by atoms with E-state index < -0.39 is 0 Å². The van der Waals surface area contributed by atoms with Gasteiger partial charge in [-0.05, 0) is 12.1 Å². The predicted molar refractivity (Wildman–Crippen MR) is 78.6 cm³/mol. The fourth-order valence-electron chi connectivity index (χ4n) is 1.46. The summed E-state index contributed by atoms with van der Waals surface area (Å²) in [5, 5.41) is 16.6. The Bertz CT molecular complexity index is 729. The molecule has 9 heteroatoms. The van der Waals surface area contributed by atoms with E-state index in [0.717, 1.165) is 9.90 Å². The highest BCUT2D eigenvalue weighted by atomic mass is 35.5. The van der Waals surface area contributed by atoms with Gasteiger partial charge in [-0.3, -0.25) is 0 Å². The summed E-state index contributed by atoms with van der Waals surface area (Å²) in [7, 11) is 0. The van der Waals surface area contributed by atoms with Gasteiger partial charge in [-0.2, -0.15) is 0 Å². The van der Waals surface area contributed by atoms with Gasteiger partial charge in [-0.1, -0.05) is 46.8 Å². The average molecular weight is 326 g/mol. The summed E-state index contributed by atoms with van der Waals surface area (Å²) in [4.78, 5) is 0. The van der Waals surface area contributed by atoms with Crippen LogP contribution in [0.1, 0.15) is 5.89 Å². The first-order chi connectivity index (χ1) is 9.72. The zero-order valence-electron chi connectivity index (χ0n) is 9.99. The van der Waals surface area contributed by atoms with Gasteiger partial charge in [0.15, 0.2) is 4.34 Å². The van der Waals surface area contributed by atoms with Gasteiger partial charge in [0.25, 0.3) is 0 Å². The van der Waals surface area contributed by atoms with Crippen LogP contribution in [0.25, 0.3) is 11.5 Å². The molecule has 2 N–H and O–H groups in total. The molecule has 0 aliphatic heterocycles. The van der Waals surface area contributed by atoms with E-state index in [9.17, 15) is 0 Å². The number of hydrogen-bond donors (Lipinski definition) is 1. The van der Waals surface area contributed by atoms with Gasteiger partial charge in [-0.25, -0.2) is 0 Å². The fourth-order valence-corrected chi connectivity index (χ4v) is 3.15. The molecule has 0 fully saturated rings. The van der Waals surface area contributed by atoms with Crippen LogP contribution in [-0.4, -0.2) is 20.4 Å². The lowest BCUT2D eigenvalue weighted by atomic mass is 10.2. The molecule has 3 aromatic rings. The largest absolute Gasteiger partial charge is 0.420 e. The summed E-state index contributed by atoms with van der Waals surface area (Å²) in [5.74, 6) is 1.41. The third-order valence-corrected chi connectivity index (χ3v) is 4.51. The minimum atomic E-state index is 0.406. The molecule has 20 heavy (non-hydrogen) atoms. The Morgan fingerprint density at radius 1 is 1.20 bits per heavy atom. The molecular formula is C11H8ClN5OS2. The predicted octanol–water partition coefficient (Wildman–Crippen LogP) is 3.12. The normalized spacial score (nSPS) is 10.8. The SMILES string of the molecule is Nc1nnc(SCc2nnc(-c3ccccc3Cl)o2)s1. The molecule has 0 atom stereocenters. The maximum absolute atomic E-state index is 6.08. The van der Waals surface area contributed by atoms with Crippen molar-refractivity contribution in [3.05, 3.63) is 35.2 Å². The first kappa shape index (κ1) is 13.3. The zero-order chi connectivity index (χ0) is 13.9. The summed E-state index contributed by atoms with van der Waals surface area (Å²) < 4.78 is 6.34. The second kappa shape index (κ2) is 5.78. The van der Waals surface area contributed by atoms with Gasteiger partial charge in [0.1, 0.15) is 0 Å². The van der Waals surface area contributed by atoms with Gasteiger partial charge in [0.05, 0.1) is 16.3 Å². The van der Waals surface area contributed by atoms with Crippen molar-refractivity contribution in [1.29, 1.82) is 0 Å². The molecule has 0 saturated heterocycles. The highest BCUT2D eigenvalue weighted by molar-refractivity contribution is 8.00. The minimum Gasteiger partial charge on any atom is -0.420 e. The molecule has 1 aromatic carbocycles. The van der Waals surface area contributed by atoms with Crippen LogP contribution < -0.4 is 5.73 Å². The number of benzene rings is 1. The van der Waals surface area contributed by atoms with Crippen LogP contribution in [-0.2, 0) is 5.75 Å². The number of anilines is 1. The van der Waals surface area contributed by atoms with Crippen LogP contribution in [0.3, 0.4) is 0 Å². The summed E-state index contributed by atoms with van der Waals surface area (Å²) in [6, 6.07) is 7.32. The Hall–Kier alpha value is -1.64. The van der Waals surface area contributed by atoms with Crippen molar-refractivity contribution in [3.8, 4) is 11.5 Å². The number of nitrogen functional groups attached to an aromatic ring is 1. The molecule has 0 spiro atoms. The van der Waals surface area contributed by atoms with Crippen molar-refractivity contribution in [2.75, 3.05) is 5.73 Å². The molecule has 2 heterocycles. The highest BCUT2D eigenvalue weighted by Crippen LogP contribution is 2.29. The Morgan fingerprint density at radius 2 is 2.05 bits per heavy atom. The standard InChI is InChI=1S/C11H8ClN5OS2/c12-7-4-2-1-3-6(7)9-15-14-8(18-9)5-19-11-17-16-10(13)20-11/h1-4H,5H2,(H2,13,16). The van der Waals surface area contributed by atoms with E-state index in [1.165, 1.54) is 23.1 Å². The monoisotopic (exact) mass is 325 g/mol. The number of hydrogen-bond acceptors (Lipinski definition) is 8. The molecular weight excluding hydrogens is 318 g/mol. The highest BCUT2D eigenvalue weighted by Gasteiger charge is 2.12. The molecule has 0 aliphatic carbocycles. The van der Waals surface area contributed by atoms with Gasteiger partial charge in [-0.15, -0.1) is 20.4 Å². The van der Waals surface area contributed by atoms with E-state index in [1.54, 1.807) is 6.07 Å². The maximum atomic E-state index is 6.08. The van der Waals surface area contributed by atoms with E-state index in [4.69, 9.17) is 21.8 Å². The molecule has 0 aliphatic rings. The number of aromatic nitrogens is 4. The van der Waals surface area contributed by atoms with Gasteiger partial charge in [0, 0.05) is 0 Å². The van der Waals surface area contributed by atoms with Crippen molar-refractivity contribution in [2.24, 2.45) is 0 Å². The Labute approximate surface area is 127 Å². The topological polar surface area (TPSA) is 90.7 Å². The number of thioether (sulfide) groups is 1. The van der Waals surface area contributed by atoms with Crippen molar-refractivity contribution in [2.45, 2.75) is 10.1 Å². The van der Waals surface area contributed by atoms with Crippen LogP contribution in [0.5, 0.6) is 0 Å². The van der Waals surface area contributed by atoms with Crippen molar-refractivity contribution < 1.29 is 4.42 Å². The van der Waals surface area contributed by atoms with Crippen molar-refractivity contribution in [1.82, 2.24) is 20.4 Å². The molecule has 0 radical (unpaired) electrons. The van der Waals surface area contributed by atoms with Gasteiger partial charge < -0.3 is 10.2 Å². The van der Waals surface area contributed by atoms with Crippen molar-refractivity contribution in [3.63, 3.8) is 0 Å². The molecule has 0 bridgehead atoms. The molecule has 3 rings (SSSR count). The lowest BCUT2D eigenvalue weighted by Gasteiger charge is -1.96. The molecule has 2 aromatic heterocycles. The maximum Gasteiger partial charge on any atom is 0.249 e. The second-order valence-corrected chi connectivity index (χ2v) is 6.31. The van der Waals surface area contributed by atoms with E-state index in [-0.39, 0.29) is 0 Å². The van der Waals surface area contributed by atoms with Crippen LogP contribution in [0.15, 0.2) is 33.0 Å². The zero-order valence-corrected chi connectivity index (χ0v) is 12.4. The fraction of sp³-hybridized carbons (Fsp3) is 0.0909. The number of halogens is 1. The Morgan fingerprint density at radius 3 is 2.80 bits per heavy atom. The summed E-state index contributed by atoms with van der Waals surface area (Å²) >= 11 is 8.84. The second-order valence-electron chi connectivity index (χ2n) is 3.68. The van der Waals surface area contributed by atoms with Gasteiger partial charge >= 0.3 is 0 Å². The summed E-state index contributed by atoms with van der Waals surface area (Å²) in [6.45, 7) is 0. The Kier molecular flexibility index (Phi) is 3.86. The molecule has 0 unspecified atom stereocenters. The van der Waals surface area contributed by atoms with E-state index in [0.29, 0.717) is 27.7 Å². The molecule has 0 saturated carbocycles. The third-order valence-electron chi connectivity index (χ3n) is 2.31. The minimum absolute atomic E-state index is 0.406. The Balaban J connectivity index is 1.72. The van der Waals surface area contributed by atoms with E-state index in [1.807, 2.05) is 18.2 Å². The van der Waals surface area contributed by atoms with E-state index in [2.05, 4.69) is 20.4 Å². The van der Waals surface area contributed by atoms with Crippen LogP contribution >= 0.6 is 34.7 Å². The number of nitrogens with zero attached hydrogens (tertiary/aromatic N) is 4. The summed E-state index contributed by atoms with van der Waals surface area (Å²) in [6.07, 6.45) is 0. The lowest BCUT2D eigenvalue weighted by Crippen LogP contribution is -1.80. The lowest BCUT2D eigenvalue weighted by molar-refractivity contribution is 0.528. The van der Waals surface area contributed by atoms with Gasteiger partial charge in [0.2, 0.25) is 16.9 Å². The average Bonchev–Trinajstić information content (AvgIpc) is 3.06. The number of nitrogens with two attached hydrogens (primary N) is 1. The first-order valence-electron chi connectivity index (χ1n) is 5.51.